The Morgan fingerprint density at radius 3 is 2.36 bits per heavy atom. The summed E-state index contributed by atoms with van der Waals surface area (Å²) < 4.78 is 41.4. The van der Waals surface area contributed by atoms with E-state index in [-0.39, 0.29) is 23.5 Å². The van der Waals surface area contributed by atoms with E-state index in [1.54, 1.807) is 6.07 Å². The molecule has 1 amide bonds. The van der Waals surface area contributed by atoms with Crippen LogP contribution in [0, 0.1) is 10.1 Å². The molecule has 0 aromatic heterocycles. The Hall–Kier alpha value is -3.10. The second-order valence-corrected chi connectivity index (χ2v) is 5.05. The Bertz CT molecular complexity index is 761. The fourth-order valence-electron chi connectivity index (χ4n) is 1.97. The largest absolute Gasteiger partial charge is 0.482 e. The summed E-state index contributed by atoms with van der Waals surface area (Å²) in [5, 5.41) is 13.0. The average Bonchev–Trinajstić information content (AvgIpc) is 2.53. The predicted octanol–water partition coefficient (Wildman–Crippen LogP) is 3.72. The molecule has 0 heterocycles. The average molecular weight is 354 g/mol. The van der Waals surface area contributed by atoms with E-state index in [1.165, 1.54) is 42.5 Å². The van der Waals surface area contributed by atoms with Crippen LogP contribution in [0.4, 0.5) is 24.5 Å². The van der Waals surface area contributed by atoms with Crippen molar-refractivity contribution in [3.05, 3.63) is 64.2 Å². The molecule has 132 valence electrons. The Morgan fingerprint density at radius 2 is 1.76 bits per heavy atom. The molecule has 0 saturated carbocycles. The summed E-state index contributed by atoms with van der Waals surface area (Å²) >= 11 is 0. The summed E-state index contributed by atoms with van der Waals surface area (Å²) in [6, 6.07) is 11.2. The highest BCUT2D eigenvalue weighted by atomic mass is 19.4. The number of halogens is 3. The Balaban J connectivity index is 2.01. The molecular formula is C16H13F3N2O4. The summed E-state index contributed by atoms with van der Waals surface area (Å²) in [6.45, 7) is -1.47. The topological polar surface area (TPSA) is 81.5 Å². The van der Waals surface area contributed by atoms with Crippen molar-refractivity contribution < 1.29 is 27.6 Å². The van der Waals surface area contributed by atoms with Crippen molar-refractivity contribution in [2.45, 2.75) is 12.6 Å². The minimum absolute atomic E-state index is 0.0917. The molecule has 1 N–H and O–H groups in total. The summed E-state index contributed by atoms with van der Waals surface area (Å²) in [6.07, 6.45) is -4.58. The molecule has 0 spiro atoms. The molecule has 2 aromatic carbocycles. The fourth-order valence-corrected chi connectivity index (χ4v) is 1.97. The van der Waals surface area contributed by atoms with Gasteiger partial charge >= 0.3 is 6.18 Å². The van der Waals surface area contributed by atoms with Gasteiger partial charge in [0.15, 0.2) is 6.61 Å². The number of nitro benzene ring substituents is 1. The zero-order valence-corrected chi connectivity index (χ0v) is 12.7. The van der Waals surface area contributed by atoms with Crippen molar-refractivity contribution in [2.75, 3.05) is 11.9 Å². The predicted molar refractivity (Wildman–Crippen MR) is 83.4 cm³/mol. The van der Waals surface area contributed by atoms with Crippen LogP contribution >= 0.6 is 0 Å². The lowest BCUT2D eigenvalue weighted by Gasteiger charge is -2.13. The van der Waals surface area contributed by atoms with Crippen molar-refractivity contribution in [2.24, 2.45) is 0 Å². The number of carbonyl (C=O) groups excluding carboxylic acids is 1. The number of amides is 1. The standard InChI is InChI=1S/C16H13F3N2O4/c17-16(18,19)10-25-14-4-2-1-3-13(14)20-15(22)9-11-5-7-12(8-6-11)21(23)24/h1-8H,9-10H2,(H,20,22). The maximum Gasteiger partial charge on any atom is 0.422 e. The van der Waals surface area contributed by atoms with Crippen molar-refractivity contribution in [1.82, 2.24) is 0 Å². The van der Waals surface area contributed by atoms with Gasteiger partial charge in [-0.2, -0.15) is 13.2 Å². The number of nitrogens with zero attached hydrogens (tertiary/aromatic N) is 1. The summed E-state index contributed by atoms with van der Waals surface area (Å²) in [4.78, 5) is 22.1. The van der Waals surface area contributed by atoms with Gasteiger partial charge in [-0.15, -0.1) is 0 Å². The van der Waals surface area contributed by atoms with E-state index < -0.39 is 23.6 Å². The number of hydrogen-bond acceptors (Lipinski definition) is 4. The number of anilines is 1. The van der Waals surface area contributed by atoms with Gasteiger partial charge in [0.2, 0.25) is 5.91 Å². The molecule has 0 fully saturated rings. The Kier molecular flexibility index (Phi) is 5.58. The molecule has 2 rings (SSSR count). The van der Waals surface area contributed by atoms with Gasteiger partial charge in [0.05, 0.1) is 17.0 Å². The third kappa shape index (κ3) is 5.79. The van der Waals surface area contributed by atoms with Crippen LogP contribution < -0.4 is 10.1 Å². The summed E-state index contributed by atoms with van der Waals surface area (Å²) in [5.41, 5.74) is 0.533. The molecule has 0 bridgehead atoms. The molecule has 2 aromatic rings. The lowest BCUT2D eigenvalue weighted by Crippen LogP contribution is -2.20. The smallest absolute Gasteiger partial charge is 0.422 e. The molecule has 0 atom stereocenters. The molecular weight excluding hydrogens is 341 g/mol. The molecule has 9 heteroatoms. The number of benzene rings is 2. The minimum atomic E-state index is -4.49. The number of hydrogen-bond donors (Lipinski definition) is 1. The highest BCUT2D eigenvalue weighted by molar-refractivity contribution is 5.93. The molecule has 0 radical (unpaired) electrons. The van der Waals surface area contributed by atoms with Gasteiger partial charge in [-0.3, -0.25) is 14.9 Å². The molecule has 0 aliphatic carbocycles. The number of alkyl halides is 3. The number of non-ortho nitro benzene ring substituents is 1. The maximum atomic E-state index is 12.3. The minimum Gasteiger partial charge on any atom is -0.482 e. The van der Waals surface area contributed by atoms with Crippen LogP contribution in [0.2, 0.25) is 0 Å². The quantitative estimate of drug-likeness (QED) is 0.633. The second-order valence-electron chi connectivity index (χ2n) is 5.05. The molecule has 0 saturated heterocycles. The number of ether oxygens (including phenoxy) is 1. The van der Waals surface area contributed by atoms with Crippen LogP contribution in [0.15, 0.2) is 48.5 Å². The lowest BCUT2D eigenvalue weighted by atomic mass is 10.1. The van der Waals surface area contributed by atoms with Gasteiger partial charge in [-0.1, -0.05) is 24.3 Å². The number of rotatable bonds is 6. The highest BCUT2D eigenvalue weighted by Gasteiger charge is 2.28. The lowest BCUT2D eigenvalue weighted by molar-refractivity contribution is -0.384. The monoisotopic (exact) mass is 354 g/mol. The van der Waals surface area contributed by atoms with E-state index in [9.17, 15) is 28.1 Å². The maximum absolute atomic E-state index is 12.3. The van der Waals surface area contributed by atoms with Crippen LogP contribution in [0.1, 0.15) is 5.56 Å². The second kappa shape index (κ2) is 7.65. The third-order valence-electron chi connectivity index (χ3n) is 3.06. The van der Waals surface area contributed by atoms with Crippen molar-refractivity contribution in [3.63, 3.8) is 0 Å². The van der Waals surface area contributed by atoms with E-state index in [0.717, 1.165) is 0 Å². The number of para-hydroxylation sites is 2. The van der Waals surface area contributed by atoms with Crippen molar-refractivity contribution in [1.29, 1.82) is 0 Å². The SMILES string of the molecule is O=C(Cc1ccc([N+](=O)[O-])cc1)Nc1ccccc1OCC(F)(F)F. The molecule has 6 nitrogen and oxygen atoms in total. The fraction of sp³-hybridized carbons (Fsp3) is 0.188. The number of nitro groups is 1. The normalized spacial score (nSPS) is 11.0. The third-order valence-corrected chi connectivity index (χ3v) is 3.06. The van der Waals surface area contributed by atoms with E-state index in [2.05, 4.69) is 10.1 Å². The molecule has 0 aliphatic heterocycles. The molecule has 0 unspecified atom stereocenters. The van der Waals surface area contributed by atoms with Crippen LogP contribution in [0.25, 0.3) is 0 Å². The molecule has 0 aliphatic rings. The van der Waals surface area contributed by atoms with Crippen LogP contribution in [0.3, 0.4) is 0 Å². The van der Waals surface area contributed by atoms with Crippen molar-refractivity contribution in [3.8, 4) is 5.75 Å². The first-order valence-electron chi connectivity index (χ1n) is 7.06. The van der Waals surface area contributed by atoms with E-state index >= 15 is 0 Å². The Morgan fingerprint density at radius 1 is 1.12 bits per heavy atom. The first-order valence-corrected chi connectivity index (χ1v) is 7.06. The van der Waals surface area contributed by atoms with Gasteiger partial charge < -0.3 is 10.1 Å². The number of carbonyl (C=O) groups is 1. The van der Waals surface area contributed by atoms with Gasteiger partial charge in [-0.25, -0.2) is 0 Å². The van der Waals surface area contributed by atoms with Gasteiger partial charge in [0.25, 0.3) is 5.69 Å². The Labute approximate surface area is 140 Å². The van der Waals surface area contributed by atoms with Gasteiger partial charge in [0, 0.05) is 12.1 Å². The highest BCUT2D eigenvalue weighted by Crippen LogP contribution is 2.26. The summed E-state index contributed by atoms with van der Waals surface area (Å²) in [7, 11) is 0. The first-order chi connectivity index (χ1) is 11.7. The van der Waals surface area contributed by atoms with E-state index in [4.69, 9.17) is 0 Å². The first kappa shape index (κ1) is 18.2. The van der Waals surface area contributed by atoms with Crippen LogP contribution in [-0.4, -0.2) is 23.6 Å². The van der Waals surface area contributed by atoms with Crippen LogP contribution in [0.5, 0.6) is 5.75 Å². The van der Waals surface area contributed by atoms with Crippen LogP contribution in [-0.2, 0) is 11.2 Å². The van der Waals surface area contributed by atoms with Gasteiger partial charge in [0.1, 0.15) is 5.75 Å². The van der Waals surface area contributed by atoms with E-state index in [1.807, 2.05) is 0 Å². The van der Waals surface area contributed by atoms with Crippen molar-refractivity contribution >= 4 is 17.3 Å². The number of nitrogens with one attached hydrogen (secondary N) is 1. The van der Waals surface area contributed by atoms with E-state index in [0.29, 0.717) is 5.56 Å². The zero-order valence-electron chi connectivity index (χ0n) is 12.7. The molecule has 25 heavy (non-hydrogen) atoms. The van der Waals surface area contributed by atoms with Gasteiger partial charge in [-0.05, 0) is 17.7 Å². The zero-order chi connectivity index (χ0) is 18.4. The summed E-state index contributed by atoms with van der Waals surface area (Å²) in [5.74, 6) is -0.589.